The first-order valence-corrected chi connectivity index (χ1v) is 28.7. The summed E-state index contributed by atoms with van der Waals surface area (Å²) in [5, 5.41) is 50.0. The van der Waals surface area contributed by atoms with Gasteiger partial charge in [-0.25, -0.2) is 27.6 Å². The van der Waals surface area contributed by atoms with Gasteiger partial charge in [-0.3, -0.25) is 38.4 Å². The van der Waals surface area contributed by atoms with Gasteiger partial charge in [0.2, 0.25) is 11.8 Å². The molecule has 8 N–H and O–H groups in total. The van der Waals surface area contributed by atoms with Gasteiger partial charge in [-0.05, 0) is 33.6 Å². The van der Waals surface area contributed by atoms with E-state index in [1.165, 1.54) is 27.7 Å². The fourth-order valence-electron chi connectivity index (χ4n) is 10.1. The van der Waals surface area contributed by atoms with Gasteiger partial charge in [0.1, 0.15) is 54.0 Å². The molecule has 97 heavy (non-hydrogen) atoms. The Balaban J connectivity index is -0.000000625. The topological polar surface area (TPSA) is 485 Å². The number of aliphatic carboxylic acids is 1. The number of amides is 2. The monoisotopic (exact) mass is 1430 g/mol. The molecule has 21 atom stereocenters. The summed E-state index contributed by atoms with van der Waals surface area (Å²) in [6.07, 6.45) is -23.7. The number of carboxylic acids is 1. The number of rotatable bonds is 24. The summed E-state index contributed by atoms with van der Waals surface area (Å²) in [4.78, 5) is 159. The summed E-state index contributed by atoms with van der Waals surface area (Å²) in [5.74, 6) is -28.1. The smallest absolute Gasteiger partial charge is 0.857 e. The van der Waals surface area contributed by atoms with Crippen LogP contribution in [-0.2, 0) is 114 Å². The molecule has 3 aliphatic heterocycles. The molecule has 0 aliphatic carbocycles. The van der Waals surface area contributed by atoms with Crippen LogP contribution in [0.2, 0.25) is 0 Å². The van der Waals surface area contributed by atoms with Crippen molar-refractivity contribution in [2.24, 2.45) is 23.5 Å². The number of ether oxygens (including phenoxy) is 10. The molecule has 3 saturated heterocycles. The molecule has 0 saturated carbocycles. The number of carboxylic acid groups (broad SMARTS) is 1. The number of carbonyl (C=O) groups excluding carboxylic acids is 13. The molecule has 554 valence electrons. The molecule has 3 heterocycles. The third kappa shape index (κ3) is 28.8. The van der Waals surface area contributed by atoms with Crippen molar-refractivity contribution in [1.29, 1.82) is 0 Å². The largest absolute Gasteiger partial charge is 1.00 e. The van der Waals surface area contributed by atoms with Crippen molar-refractivity contribution in [3.05, 3.63) is 0 Å². The average molecular weight is 1430 g/mol. The summed E-state index contributed by atoms with van der Waals surface area (Å²) < 4.78 is 138. The van der Waals surface area contributed by atoms with Crippen LogP contribution in [0.4, 0.5) is 26.3 Å². The van der Waals surface area contributed by atoms with Crippen LogP contribution in [0.1, 0.15) is 130 Å². The van der Waals surface area contributed by atoms with E-state index < -0.39 is 229 Å². The number of esters is 8. The molecule has 0 spiro atoms. The zero-order valence-electron chi connectivity index (χ0n) is 56.0. The zero-order valence-corrected chi connectivity index (χ0v) is 58.0. The van der Waals surface area contributed by atoms with Crippen LogP contribution in [0.5, 0.6) is 0 Å². The van der Waals surface area contributed by atoms with Gasteiger partial charge in [-0.2, -0.15) is 20.3 Å². The normalized spacial score (nSPS) is 28.6. The van der Waals surface area contributed by atoms with Gasteiger partial charge in [-0.15, -0.1) is 0 Å². The summed E-state index contributed by atoms with van der Waals surface area (Å²) in [6.45, 7) is 14.3. The van der Waals surface area contributed by atoms with E-state index in [9.17, 15) is 90.5 Å². The van der Waals surface area contributed by atoms with Gasteiger partial charge in [-0.1, -0.05) is 21.3 Å². The third-order valence-electron chi connectivity index (χ3n) is 13.8. The third-order valence-corrected chi connectivity index (χ3v) is 13.8. The average Bonchev–Trinajstić information content (AvgIpc) is 0.768. The standard InChI is InChI=1S/C20H29F2NO9.C18H27F2NO8.C14H21F2NO8.C4H6O3.CH3O.CH4.Na/c1-7-14(30-11(4)26)17(31-12(5)27)16-13(8-9(2)24)15(23-10(3)25)18(21)20(22,32-16)19(28)29-6;1-6-12(27-9(3)23)15(28-10(4)24)14-11(7-8(2)22)13(21)16(19)18(20,29-14)17(25)26-5;1-5(19)3-7-9(17-6(2)20)12(15)14(16,13(23)24)25-11(7)10(22)8(21)4-18;1-3(5)7-4(2)6;1-2;;/h13-18H,7-8H2,1-6H3,(H,23,25);11-16H,6-7,21H2,1-5H3;7-12,18,21-22H,3-4H2,1-2H3,(H,17,20)(H,23,24);1-2H3;1H3;1H4;/q;;;;-1;;+1/t13-,14-,15+,16?,17-,18?,20-;11-,12-,13+,14?,15-,16?,18-;7-,8-,9+,10-,11?,12?,14-;;;;/m111..../s1. The summed E-state index contributed by atoms with van der Waals surface area (Å²) >= 11 is 0. The maximum atomic E-state index is 15.6. The number of hydrogen-bond acceptors (Lipinski definition) is 29. The minimum absolute atomic E-state index is 0. The first-order chi connectivity index (χ1) is 43.7. The second-order valence-electron chi connectivity index (χ2n) is 21.5. The number of Topliss-reactive ketones (excluding diaryl/α,β-unsaturated/α-hetero) is 3. The molecule has 3 fully saturated rings. The number of nitrogens with two attached hydrogens (primary N) is 1. The van der Waals surface area contributed by atoms with Crippen molar-refractivity contribution in [3.8, 4) is 0 Å². The van der Waals surface area contributed by atoms with Gasteiger partial charge in [0.25, 0.3) is 0 Å². The van der Waals surface area contributed by atoms with E-state index in [0.29, 0.717) is 0 Å². The fraction of sp³-hybridized carbons (Fsp3) is 0.759. The van der Waals surface area contributed by atoms with E-state index in [1.807, 2.05) is 5.32 Å². The maximum absolute atomic E-state index is 15.6. The SMILES string of the molecule is C.CC(=O)C[C@H]1C([C@H](O)[C@H](O)CO)O[C@@](F)(C(=O)O)C(F)[C@H]1NC(C)=O.CC(=O)OC(C)=O.CC[C@@H](OC(C)=O)[C@@H](OC(C)=O)C1O[C@@](F)(C(=O)OC)C(F)[C@@H](N)[C@H]1CC(C)=O.CC[C@@H](OC(C)=O)[C@@H](OC(C)=O)C1O[C@@](F)(C(=O)OC)C(F)[C@@H](NC(C)=O)[C@H]1CC(C)=O.C[O-].[Na+]. The van der Waals surface area contributed by atoms with E-state index in [-0.39, 0.29) is 56.2 Å². The van der Waals surface area contributed by atoms with Crippen LogP contribution >= 0.6 is 0 Å². The van der Waals surface area contributed by atoms with Gasteiger partial charge >= 0.3 is 101 Å². The molecular formula is C58H90F6N3NaO29. The van der Waals surface area contributed by atoms with E-state index in [1.54, 1.807) is 13.8 Å². The van der Waals surface area contributed by atoms with Crippen LogP contribution in [0.15, 0.2) is 0 Å². The minimum atomic E-state index is -3.93. The molecule has 3 rings (SSSR count). The van der Waals surface area contributed by atoms with Gasteiger partial charge in [0.15, 0.2) is 30.7 Å². The number of carbonyl (C=O) groups is 14. The first kappa shape index (κ1) is 97.0. The molecular weight excluding hydrogens is 1340 g/mol. The Kier molecular flexibility index (Phi) is 44.6. The van der Waals surface area contributed by atoms with Crippen LogP contribution in [0.25, 0.3) is 0 Å². The van der Waals surface area contributed by atoms with Crippen LogP contribution in [-0.4, -0.2) is 240 Å². The predicted molar refractivity (Wildman–Crippen MR) is 309 cm³/mol. The number of nitrogens with one attached hydrogen (secondary N) is 2. The van der Waals surface area contributed by atoms with Crippen LogP contribution in [0.3, 0.4) is 0 Å². The Labute approximate surface area is 577 Å². The fourth-order valence-corrected chi connectivity index (χ4v) is 10.1. The van der Waals surface area contributed by atoms with Crippen molar-refractivity contribution in [2.75, 3.05) is 27.9 Å². The number of methoxy groups -OCH3 is 2. The minimum Gasteiger partial charge on any atom is -0.857 e. The Morgan fingerprint density at radius 3 is 1.08 bits per heavy atom. The van der Waals surface area contributed by atoms with E-state index in [4.69, 9.17) is 49.5 Å². The number of aliphatic hydroxyl groups excluding tert-OH is 3. The number of alkyl halides is 6. The van der Waals surface area contributed by atoms with Gasteiger partial charge in [0, 0.05) is 98.4 Å². The molecule has 0 aromatic rings. The Hall–Kier alpha value is -6.36. The summed E-state index contributed by atoms with van der Waals surface area (Å²) in [5.41, 5.74) is 5.84. The second kappa shape index (κ2) is 44.6. The molecule has 0 radical (unpaired) electrons. The number of ketones is 3. The Morgan fingerprint density at radius 1 is 0.515 bits per heavy atom. The van der Waals surface area contributed by atoms with Crippen molar-refractivity contribution >= 4 is 82.9 Å². The molecule has 0 aromatic carbocycles. The quantitative estimate of drug-likeness (QED) is 0.0164. The first-order valence-electron chi connectivity index (χ1n) is 28.7. The molecule has 32 nitrogen and oxygen atoms in total. The number of hydrogen-bond donors (Lipinski definition) is 7. The molecule has 39 heteroatoms. The van der Waals surface area contributed by atoms with Crippen LogP contribution in [0, 0.1) is 17.8 Å². The van der Waals surface area contributed by atoms with Crippen molar-refractivity contribution < 1.29 is 196 Å². The second-order valence-corrected chi connectivity index (χ2v) is 21.5. The van der Waals surface area contributed by atoms with Crippen LogP contribution < -0.4 is 51.0 Å². The Morgan fingerprint density at radius 2 is 0.814 bits per heavy atom. The zero-order chi connectivity index (χ0) is 74.7. The van der Waals surface area contributed by atoms with E-state index in [0.717, 1.165) is 69.8 Å². The molecule has 2 amide bonds. The maximum Gasteiger partial charge on any atom is 1.00 e. The van der Waals surface area contributed by atoms with E-state index in [2.05, 4.69) is 24.3 Å². The van der Waals surface area contributed by atoms with Crippen molar-refractivity contribution in [1.82, 2.24) is 10.6 Å². The molecule has 0 bridgehead atoms. The number of aliphatic hydroxyl groups is 3. The Bertz CT molecular complexity index is 2640. The van der Waals surface area contributed by atoms with Crippen molar-refractivity contribution in [3.63, 3.8) is 0 Å². The molecule has 0 aromatic heterocycles. The van der Waals surface area contributed by atoms with Crippen molar-refractivity contribution in [2.45, 2.75) is 239 Å². The van der Waals surface area contributed by atoms with Gasteiger partial charge in [0.05, 0.1) is 39.0 Å². The van der Waals surface area contributed by atoms with E-state index >= 15 is 13.2 Å². The summed E-state index contributed by atoms with van der Waals surface area (Å²) in [7, 11) is 2.39. The summed E-state index contributed by atoms with van der Waals surface area (Å²) in [6, 6.07) is -5.22. The predicted octanol–water partition coefficient (Wildman–Crippen LogP) is -3.31. The number of halogens is 6. The molecule has 6 unspecified atom stereocenters. The molecule has 3 aliphatic rings. The van der Waals surface area contributed by atoms with Gasteiger partial charge < -0.3 is 104 Å².